The lowest BCUT2D eigenvalue weighted by atomic mass is 10.1. The van der Waals surface area contributed by atoms with Crippen LogP contribution >= 0.6 is 46.4 Å². The Morgan fingerprint density at radius 3 is 2.33 bits per heavy atom. The summed E-state index contributed by atoms with van der Waals surface area (Å²) in [5.41, 5.74) is 7.28. The van der Waals surface area contributed by atoms with Crippen LogP contribution in [0.3, 0.4) is 0 Å². The highest BCUT2D eigenvalue weighted by molar-refractivity contribution is 6.42. The van der Waals surface area contributed by atoms with Crippen LogP contribution in [0, 0.1) is 6.92 Å². The van der Waals surface area contributed by atoms with Gasteiger partial charge >= 0.3 is 0 Å². The summed E-state index contributed by atoms with van der Waals surface area (Å²) in [5, 5.41) is 9.79. The Kier molecular flexibility index (Phi) is 10.9. The third-order valence-electron chi connectivity index (χ3n) is 7.46. The highest BCUT2D eigenvalue weighted by Gasteiger charge is 2.25. The minimum Gasteiger partial charge on any atom is -0.479 e. The van der Waals surface area contributed by atoms with Crippen LogP contribution in [0.1, 0.15) is 29.3 Å². The standard InChI is InChI=1S/C35H30Cl4N4O3/c1-21-27(26-10-6-7-11-32(26)43(21)20-24-12-14-28(37)29(38)16-24)19-40-42-35(45)31(17-23-8-4-3-5-9-23)41-34(44)22(2)46-33-15-13-25(36)18-30(33)39/h3-16,18-19,22,31H,17,20H2,1-2H3,(H,41,44)(H,42,45)/b40-19-/t22-,31+/m0/s1. The first-order valence-electron chi connectivity index (χ1n) is 14.4. The smallest absolute Gasteiger partial charge is 0.262 e. The summed E-state index contributed by atoms with van der Waals surface area (Å²) in [5.74, 6) is -0.675. The molecular weight excluding hydrogens is 666 g/mol. The molecule has 0 radical (unpaired) electrons. The first-order chi connectivity index (χ1) is 22.1. The highest BCUT2D eigenvalue weighted by Crippen LogP contribution is 2.29. The molecule has 7 nitrogen and oxygen atoms in total. The van der Waals surface area contributed by atoms with E-state index in [0.717, 1.165) is 33.3 Å². The molecule has 4 aromatic carbocycles. The van der Waals surface area contributed by atoms with Crippen LogP contribution in [0.5, 0.6) is 5.75 Å². The maximum absolute atomic E-state index is 13.5. The maximum Gasteiger partial charge on any atom is 0.262 e. The molecule has 1 heterocycles. The van der Waals surface area contributed by atoms with Gasteiger partial charge in [-0.1, -0.05) is 101 Å². The molecule has 5 rings (SSSR count). The number of hydrogen-bond acceptors (Lipinski definition) is 4. The molecule has 1 aromatic heterocycles. The highest BCUT2D eigenvalue weighted by atomic mass is 35.5. The number of nitrogens with one attached hydrogen (secondary N) is 2. The SMILES string of the molecule is Cc1c(/C=N\NC(=O)[C@@H](Cc2ccccc2)NC(=O)[C@H](C)Oc2ccc(Cl)cc2Cl)c2ccccc2n1Cc1ccc(Cl)c(Cl)c1. The van der Waals surface area contributed by atoms with Crippen LogP contribution in [0.4, 0.5) is 0 Å². The van der Waals surface area contributed by atoms with E-state index in [1.54, 1.807) is 31.3 Å². The van der Waals surface area contributed by atoms with Crippen LogP contribution in [-0.4, -0.2) is 34.7 Å². The van der Waals surface area contributed by atoms with Gasteiger partial charge in [0.25, 0.3) is 11.8 Å². The monoisotopic (exact) mass is 694 g/mol. The van der Waals surface area contributed by atoms with Crippen LogP contribution in [0.15, 0.2) is 96.1 Å². The first kappa shape index (κ1) is 33.4. The van der Waals surface area contributed by atoms with E-state index in [9.17, 15) is 9.59 Å². The number of fused-ring (bicyclic) bond motifs is 1. The lowest BCUT2D eigenvalue weighted by molar-refractivity contribution is -0.132. The van der Waals surface area contributed by atoms with Gasteiger partial charge in [-0.2, -0.15) is 5.10 Å². The average molecular weight is 696 g/mol. The normalized spacial score (nSPS) is 12.7. The van der Waals surface area contributed by atoms with Crippen molar-refractivity contribution in [3.8, 4) is 5.75 Å². The number of ether oxygens (including phenoxy) is 1. The summed E-state index contributed by atoms with van der Waals surface area (Å²) in [7, 11) is 0. The maximum atomic E-state index is 13.5. The third-order valence-corrected chi connectivity index (χ3v) is 8.72. The topological polar surface area (TPSA) is 84.7 Å². The number of rotatable bonds is 11. The molecule has 2 atom stereocenters. The number of nitrogens with zero attached hydrogens (tertiary/aromatic N) is 2. The Morgan fingerprint density at radius 1 is 0.848 bits per heavy atom. The molecule has 46 heavy (non-hydrogen) atoms. The lowest BCUT2D eigenvalue weighted by Gasteiger charge is -2.21. The molecule has 0 bridgehead atoms. The number of hydrogen-bond donors (Lipinski definition) is 2. The van der Waals surface area contributed by atoms with Crippen molar-refractivity contribution in [2.45, 2.75) is 39.0 Å². The van der Waals surface area contributed by atoms with Crippen molar-refractivity contribution < 1.29 is 14.3 Å². The first-order valence-corrected chi connectivity index (χ1v) is 15.9. The number of para-hydroxylation sites is 1. The van der Waals surface area contributed by atoms with Gasteiger partial charge < -0.3 is 14.6 Å². The number of carbonyl (C=O) groups is 2. The molecule has 236 valence electrons. The van der Waals surface area contributed by atoms with E-state index in [2.05, 4.69) is 20.4 Å². The molecule has 0 spiro atoms. The average Bonchev–Trinajstić information content (AvgIpc) is 3.30. The summed E-state index contributed by atoms with van der Waals surface area (Å²) in [6.45, 7) is 4.13. The van der Waals surface area contributed by atoms with Gasteiger partial charge in [0.1, 0.15) is 11.8 Å². The summed E-state index contributed by atoms with van der Waals surface area (Å²) in [4.78, 5) is 26.6. The zero-order chi connectivity index (χ0) is 32.8. The molecule has 0 saturated heterocycles. The van der Waals surface area contributed by atoms with Gasteiger partial charge in [0.2, 0.25) is 0 Å². The molecule has 0 fully saturated rings. The Hall–Kier alpha value is -4.01. The number of aromatic nitrogens is 1. The fourth-order valence-electron chi connectivity index (χ4n) is 5.05. The summed E-state index contributed by atoms with van der Waals surface area (Å²) >= 11 is 24.6. The molecule has 2 amide bonds. The number of carbonyl (C=O) groups excluding carboxylic acids is 2. The van der Waals surface area contributed by atoms with Crippen molar-refractivity contribution in [2.24, 2.45) is 5.10 Å². The Labute approximate surface area is 287 Å². The van der Waals surface area contributed by atoms with E-state index in [1.807, 2.05) is 73.7 Å². The van der Waals surface area contributed by atoms with Gasteiger partial charge in [-0.15, -0.1) is 0 Å². The molecule has 2 N–H and O–H groups in total. The van der Waals surface area contributed by atoms with E-state index in [4.69, 9.17) is 51.1 Å². The number of halogens is 4. The number of hydrazone groups is 1. The predicted octanol–water partition coefficient (Wildman–Crippen LogP) is 8.26. The second-order valence-corrected chi connectivity index (χ2v) is 12.3. The van der Waals surface area contributed by atoms with Crippen molar-refractivity contribution in [1.82, 2.24) is 15.3 Å². The molecule has 0 saturated carbocycles. The van der Waals surface area contributed by atoms with E-state index in [-0.39, 0.29) is 11.4 Å². The van der Waals surface area contributed by atoms with Gasteiger partial charge in [0, 0.05) is 40.1 Å². The number of amides is 2. The van der Waals surface area contributed by atoms with Crippen molar-refractivity contribution in [3.63, 3.8) is 0 Å². The van der Waals surface area contributed by atoms with Gasteiger partial charge in [-0.3, -0.25) is 9.59 Å². The van der Waals surface area contributed by atoms with Crippen LogP contribution in [0.2, 0.25) is 20.1 Å². The largest absolute Gasteiger partial charge is 0.479 e. The fraction of sp³-hybridized carbons (Fsp3) is 0.171. The van der Waals surface area contributed by atoms with Gasteiger partial charge in [-0.05, 0) is 61.4 Å². The molecule has 5 aromatic rings. The van der Waals surface area contributed by atoms with Crippen molar-refractivity contribution in [1.29, 1.82) is 0 Å². The Balaban J connectivity index is 1.34. The van der Waals surface area contributed by atoms with Gasteiger partial charge in [-0.25, -0.2) is 5.43 Å². The molecule has 0 aliphatic carbocycles. The van der Waals surface area contributed by atoms with Crippen LogP contribution in [-0.2, 0) is 22.6 Å². The predicted molar refractivity (Wildman–Crippen MR) is 187 cm³/mol. The van der Waals surface area contributed by atoms with Crippen LogP contribution in [0.25, 0.3) is 10.9 Å². The summed E-state index contributed by atoms with van der Waals surface area (Å²) in [6, 6.07) is 26.7. The van der Waals surface area contributed by atoms with E-state index >= 15 is 0 Å². The Morgan fingerprint density at radius 2 is 1.59 bits per heavy atom. The molecule has 0 aliphatic rings. The van der Waals surface area contributed by atoms with E-state index in [1.165, 1.54) is 6.07 Å². The molecular formula is C35H30Cl4N4O3. The van der Waals surface area contributed by atoms with E-state index < -0.39 is 24.0 Å². The van der Waals surface area contributed by atoms with Crippen LogP contribution < -0.4 is 15.5 Å². The zero-order valence-corrected chi connectivity index (χ0v) is 28.0. The third kappa shape index (κ3) is 8.03. The number of benzene rings is 4. The fourth-order valence-corrected chi connectivity index (χ4v) is 5.82. The summed E-state index contributed by atoms with van der Waals surface area (Å²) in [6.07, 6.45) is 0.915. The zero-order valence-electron chi connectivity index (χ0n) is 24.9. The van der Waals surface area contributed by atoms with E-state index in [0.29, 0.717) is 27.4 Å². The van der Waals surface area contributed by atoms with Crippen molar-refractivity contribution in [2.75, 3.05) is 0 Å². The summed E-state index contributed by atoms with van der Waals surface area (Å²) < 4.78 is 7.92. The molecule has 0 unspecified atom stereocenters. The van der Waals surface area contributed by atoms with Gasteiger partial charge in [0.05, 0.1) is 21.3 Å². The van der Waals surface area contributed by atoms with Crippen molar-refractivity contribution in [3.05, 3.63) is 133 Å². The lowest BCUT2D eigenvalue weighted by Crippen LogP contribution is -2.50. The van der Waals surface area contributed by atoms with Crippen molar-refractivity contribution >= 4 is 75.3 Å². The molecule has 11 heteroatoms. The second-order valence-electron chi connectivity index (χ2n) is 10.7. The Bertz CT molecular complexity index is 1910. The minimum absolute atomic E-state index is 0.240. The minimum atomic E-state index is -0.947. The molecule has 0 aliphatic heterocycles. The quantitative estimate of drug-likeness (QED) is 0.108. The van der Waals surface area contributed by atoms with Gasteiger partial charge in [0.15, 0.2) is 6.10 Å². The second kappa shape index (κ2) is 15.1.